The van der Waals surface area contributed by atoms with Gasteiger partial charge < -0.3 is 10.6 Å². The Bertz CT molecular complexity index is 1030. The minimum Gasteiger partial charge on any atom is -0.379 e. The van der Waals surface area contributed by atoms with Gasteiger partial charge in [0.25, 0.3) is 0 Å². The second-order valence-electron chi connectivity index (χ2n) is 7.60. The molecule has 3 unspecified atom stereocenters. The van der Waals surface area contributed by atoms with Crippen LogP contribution in [0.3, 0.4) is 0 Å². The van der Waals surface area contributed by atoms with Crippen LogP contribution in [0.1, 0.15) is 35.7 Å². The number of nitrogens with two attached hydrogens (primary N) is 1. The molecule has 2 N–H and O–H groups in total. The topological polar surface area (TPSA) is 71.6 Å². The molecule has 1 saturated heterocycles. The molecule has 5 rings (SSSR count). The Kier molecular flexibility index (Phi) is 6.57. The summed E-state index contributed by atoms with van der Waals surface area (Å²) in [5.41, 5.74) is 7.02. The van der Waals surface area contributed by atoms with E-state index in [1.807, 2.05) is 0 Å². The molecule has 31 heavy (non-hydrogen) atoms. The van der Waals surface area contributed by atoms with E-state index in [4.69, 9.17) is 17.3 Å². The molecular formula is C22H21ClF2N4OS. The van der Waals surface area contributed by atoms with Crippen LogP contribution in [0.4, 0.5) is 8.78 Å². The zero-order valence-corrected chi connectivity index (χ0v) is 18.1. The number of carbonyl (C=O) groups excluding carboxylic acids is 1. The maximum atomic E-state index is 14.4. The predicted octanol–water partition coefficient (Wildman–Crippen LogP) is 4.68. The van der Waals surface area contributed by atoms with Crippen molar-refractivity contribution < 1.29 is 13.6 Å². The molecule has 1 aliphatic carbocycles. The molecule has 1 saturated carbocycles. The molecule has 0 bridgehead atoms. The lowest BCUT2D eigenvalue weighted by Gasteiger charge is -2.25. The Hall–Kier alpha value is -2.45. The van der Waals surface area contributed by atoms with Gasteiger partial charge in [-0.3, -0.25) is 14.8 Å². The summed E-state index contributed by atoms with van der Waals surface area (Å²) in [6, 6.07) is 7.28. The van der Waals surface area contributed by atoms with Gasteiger partial charge in [-0.25, -0.2) is 8.78 Å². The van der Waals surface area contributed by atoms with Gasteiger partial charge in [-0.05, 0) is 54.7 Å². The third-order valence-electron chi connectivity index (χ3n) is 5.37. The number of carbonyl (C=O) groups is 1. The molecule has 1 aromatic heterocycles. The summed E-state index contributed by atoms with van der Waals surface area (Å²) in [5.74, 6) is -0.559. The molecule has 2 aliphatic heterocycles. The largest absolute Gasteiger partial charge is 0.379 e. The van der Waals surface area contributed by atoms with Gasteiger partial charge in [0, 0.05) is 30.1 Å². The molecule has 9 heteroatoms. The van der Waals surface area contributed by atoms with Gasteiger partial charge in [-0.1, -0.05) is 29.4 Å². The summed E-state index contributed by atoms with van der Waals surface area (Å²) in [6.45, 7) is 1.95. The van der Waals surface area contributed by atoms with Gasteiger partial charge >= 0.3 is 0 Å². The third-order valence-corrected chi connectivity index (χ3v) is 6.78. The second kappa shape index (κ2) is 9.36. The molecule has 2 aromatic rings. The number of pyridine rings is 1. The number of rotatable bonds is 4. The van der Waals surface area contributed by atoms with Crippen LogP contribution in [0, 0.1) is 11.7 Å². The minimum atomic E-state index is -0.513. The van der Waals surface area contributed by atoms with Crippen molar-refractivity contribution in [3.05, 3.63) is 64.2 Å². The van der Waals surface area contributed by atoms with Gasteiger partial charge in [0.05, 0.1) is 16.8 Å². The number of likely N-dealkylation sites (tertiary alicyclic amines) is 1. The van der Waals surface area contributed by atoms with E-state index in [1.54, 1.807) is 28.8 Å². The number of aliphatic imine (C=N–C) groups is 1. The van der Waals surface area contributed by atoms with Crippen molar-refractivity contribution >= 4 is 46.8 Å². The SMILES string of the molecule is NC1=NC(c2cc(/C=C(\F)c3ccc(Cl)cn3)ccc2F)C2CC2S1.O=CN1CCC1. The highest BCUT2D eigenvalue weighted by Crippen LogP contribution is 2.54. The molecule has 0 spiro atoms. The number of amides is 1. The standard InChI is InChI=1S/C18H14ClF2N3S.C4H7NO/c19-10-2-4-15(23-8-10)14(21)6-9-1-3-13(20)11(5-9)17-12-7-16(12)25-18(22)24-17;6-4-5-2-1-3-5/h1-6,8,12,16-17H,7H2,(H2,22,24);4H,1-3H2/b14-6-;. The van der Waals surface area contributed by atoms with E-state index < -0.39 is 5.83 Å². The molecule has 5 nitrogen and oxygen atoms in total. The number of halogens is 3. The number of hydrogen-bond acceptors (Lipinski definition) is 5. The Morgan fingerprint density at radius 2 is 2.10 bits per heavy atom. The van der Waals surface area contributed by atoms with E-state index in [-0.39, 0.29) is 17.6 Å². The van der Waals surface area contributed by atoms with Gasteiger partial charge in [0.15, 0.2) is 5.17 Å². The van der Waals surface area contributed by atoms with Crippen molar-refractivity contribution in [3.8, 4) is 0 Å². The normalized spacial score (nSPS) is 24.2. The van der Waals surface area contributed by atoms with E-state index >= 15 is 0 Å². The van der Waals surface area contributed by atoms with Gasteiger partial charge in [0.2, 0.25) is 6.41 Å². The highest BCUT2D eigenvalue weighted by Gasteiger charge is 2.48. The van der Waals surface area contributed by atoms with Crippen LogP contribution in [-0.4, -0.2) is 39.8 Å². The first kappa shape index (κ1) is 21.8. The summed E-state index contributed by atoms with van der Waals surface area (Å²) >= 11 is 7.31. The zero-order chi connectivity index (χ0) is 22.0. The van der Waals surface area contributed by atoms with Crippen LogP contribution < -0.4 is 5.73 Å². The number of nitrogens with zero attached hydrogens (tertiary/aromatic N) is 3. The van der Waals surface area contributed by atoms with Crippen molar-refractivity contribution in [2.24, 2.45) is 16.6 Å². The zero-order valence-electron chi connectivity index (χ0n) is 16.5. The van der Waals surface area contributed by atoms with Gasteiger partial charge in [-0.15, -0.1) is 0 Å². The summed E-state index contributed by atoms with van der Waals surface area (Å²) in [4.78, 5) is 19.8. The minimum absolute atomic E-state index is 0.175. The predicted molar refractivity (Wildman–Crippen MR) is 121 cm³/mol. The van der Waals surface area contributed by atoms with E-state index in [0.29, 0.717) is 32.5 Å². The fourth-order valence-corrected chi connectivity index (χ4v) is 4.68. The van der Waals surface area contributed by atoms with Crippen LogP contribution in [0.2, 0.25) is 5.02 Å². The first-order chi connectivity index (χ1) is 14.9. The summed E-state index contributed by atoms with van der Waals surface area (Å²) in [6.07, 6.45) is 5.77. The van der Waals surface area contributed by atoms with Crippen molar-refractivity contribution in [1.82, 2.24) is 9.88 Å². The first-order valence-electron chi connectivity index (χ1n) is 9.92. The Labute approximate surface area is 188 Å². The number of thioether (sulfide) groups is 1. The van der Waals surface area contributed by atoms with Crippen molar-refractivity contribution in [3.63, 3.8) is 0 Å². The first-order valence-corrected chi connectivity index (χ1v) is 11.2. The highest BCUT2D eigenvalue weighted by molar-refractivity contribution is 8.14. The lowest BCUT2D eigenvalue weighted by molar-refractivity contribution is -0.121. The summed E-state index contributed by atoms with van der Waals surface area (Å²) in [5, 5.41) is 1.34. The number of aromatic nitrogens is 1. The molecule has 3 atom stereocenters. The molecule has 1 aromatic carbocycles. The number of fused-ring (bicyclic) bond motifs is 1. The molecule has 2 fully saturated rings. The highest BCUT2D eigenvalue weighted by atomic mass is 35.5. The van der Waals surface area contributed by atoms with E-state index in [0.717, 1.165) is 25.9 Å². The number of amidine groups is 1. The number of hydrogen-bond donors (Lipinski definition) is 1. The van der Waals surface area contributed by atoms with Crippen LogP contribution in [0.15, 0.2) is 41.5 Å². The maximum absolute atomic E-state index is 14.4. The lowest BCUT2D eigenvalue weighted by Crippen LogP contribution is -2.35. The van der Waals surface area contributed by atoms with Crippen molar-refractivity contribution in [1.29, 1.82) is 0 Å². The Balaban J connectivity index is 0.000000334. The van der Waals surface area contributed by atoms with Crippen molar-refractivity contribution in [2.45, 2.75) is 24.1 Å². The molecule has 162 valence electrons. The molecule has 1 amide bonds. The third kappa shape index (κ3) is 5.25. The Morgan fingerprint density at radius 1 is 1.29 bits per heavy atom. The quantitative estimate of drug-likeness (QED) is 0.669. The van der Waals surface area contributed by atoms with Crippen LogP contribution in [0.5, 0.6) is 0 Å². The molecular weight excluding hydrogens is 442 g/mol. The average molecular weight is 463 g/mol. The monoisotopic (exact) mass is 462 g/mol. The summed E-state index contributed by atoms with van der Waals surface area (Å²) < 4.78 is 28.7. The van der Waals surface area contributed by atoms with E-state index in [1.165, 1.54) is 36.9 Å². The molecule has 3 aliphatic rings. The molecule has 3 heterocycles. The fraction of sp³-hybridized carbons (Fsp3) is 0.318. The number of benzene rings is 1. The second-order valence-corrected chi connectivity index (χ2v) is 9.29. The van der Waals surface area contributed by atoms with Crippen molar-refractivity contribution in [2.75, 3.05) is 13.1 Å². The lowest BCUT2D eigenvalue weighted by atomic mass is 9.99. The average Bonchev–Trinajstić information content (AvgIpc) is 3.48. The van der Waals surface area contributed by atoms with Gasteiger partial charge in [0.1, 0.15) is 11.6 Å². The fourth-order valence-electron chi connectivity index (χ4n) is 3.44. The smallest absolute Gasteiger partial charge is 0.209 e. The van der Waals surface area contributed by atoms with Crippen LogP contribution >= 0.6 is 23.4 Å². The Morgan fingerprint density at radius 3 is 2.71 bits per heavy atom. The van der Waals surface area contributed by atoms with E-state index in [9.17, 15) is 13.6 Å². The van der Waals surface area contributed by atoms with E-state index in [2.05, 4.69) is 9.98 Å². The van der Waals surface area contributed by atoms with Gasteiger partial charge in [-0.2, -0.15) is 0 Å². The summed E-state index contributed by atoms with van der Waals surface area (Å²) in [7, 11) is 0. The molecule has 0 radical (unpaired) electrons. The van der Waals surface area contributed by atoms with Crippen LogP contribution in [-0.2, 0) is 4.79 Å². The maximum Gasteiger partial charge on any atom is 0.209 e. The van der Waals surface area contributed by atoms with Crippen LogP contribution in [0.25, 0.3) is 11.9 Å².